The molecule has 1 saturated carbocycles. The number of nitrogens with zero attached hydrogens (tertiary/aromatic N) is 1. The molecule has 1 aliphatic heterocycles. The van der Waals surface area contributed by atoms with Crippen molar-refractivity contribution < 1.29 is 9.53 Å². The third kappa shape index (κ3) is 6.02. The maximum Gasteiger partial charge on any atom is 0.251 e. The van der Waals surface area contributed by atoms with E-state index in [9.17, 15) is 4.79 Å². The Bertz CT molecular complexity index is 1230. The van der Waals surface area contributed by atoms with Crippen LogP contribution in [0.4, 0.5) is 11.6 Å². The highest BCUT2D eigenvalue weighted by atomic mass is 35.5. The van der Waals surface area contributed by atoms with Gasteiger partial charge in [0.1, 0.15) is 0 Å². The highest BCUT2D eigenvalue weighted by molar-refractivity contribution is 6.33. The molecule has 1 aromatic heterocycles. The SMILES string of the molecule is C=C(NCc1ccc(Cl)c(Nc2nc3ccc(C(=O)NCC4CCCCC4)cc3[nH]2)c1)C1CCCO1. The number of carbonyl (C=O) groups is 1. The lowest BCUT2D eigenvalue weighted by atomic mass is 9.89. The largest absolute Gasteiger partial charge is 0.383 e. The van der Waals surface area contributed by atoms with Crippen LogP contribution in [0.2, 0.25) is 5.02 Å². The van der Waals surface area contributed by atoms with Crippen LogP contribution in [0.5, 0.6) is 0 Å². The molecular formula is C28H34ClN5O2. The molecule has 1 unspecified atom stereocenters. The third-order valence-electron chi connectivity index (χ3n) is 7.14. The van der Waals surface area contributed by atoms with Crippen molar-refractivity contribution in [2.45, 2.75) is 57.6 Å². The van der Waals surface area contributed by atoms with E-state index < -0.39 is 0 Å². The van der Waals surface area contributed by atoms with Gasteiger partial charge < -0.3 is 25.7 Å². The zero-order valence-corrected chi connectivity index (χ0v) is 21.3. The number of ether oxygens (including phenoxy) is 1. The van der Waals surface area contributed by atoms with Crippen molar-refractivity contribution in [2.24, 2.45) is 5.92 Å². The molecule has 3 aromatic rings. The number of aromatic nitrogens is 2. The Morgan fingerprint density at radius 1 is 1.08 bits per heavy atom. The predicted molar refractivity (Wildman–Crippen MR) is 145 cm³/mol. The lowest BCUT2D eigenvalue weighted by Gasteiger charge is -2.21. The smallest absolute Gasteiger partial charge is 0.251 e. The quantitative estimate of drug-likeness (QED) is 0.283. The van der Waals surface area contributed by atoms with Gasteiger partial charge >= 0.3 is 0 Å². The van der Waals surface area contributed by atoms with E-state index in [1.807, 2.05) is 36.4 Å². The van der Waals surface area contributed by atoms with E-state index in [1.165, 1.54) is 32.1 Å². The maximum atomic E-state index is 12.7. The Labute approximate surface area is 217 Å². The number of fused-ring (bicyclic) bond motifs is 1. The first-order valence-corrected chi connectivity index (χ1v) is 13.3. The summed E-state index contributed by atoms with van der Waals surface area (Å²) in [5.41, 5.74) is 4.93. The van der Waals surface area contributed by atoms with Crippen LogP contribution < -0.4 is 16.0 Å². The minimum Gasteiger partial charge on any atom is -0.383 e. The minimum absolute atomic E-state index is 0.0422. The Kier molecular flexibility index (Phi) is 7.78. The van der Waals surface area contributed by atoms with Crippen molar-refractivity contribution in [1.82, 2.24) is 20.6 Å². The van der Waals surface area contributed by atoms with Gasteiger partial charge in [-0.25, -0.2) is 4.98 Å². The number of aromatic amines is 1. The second-order valence-corrected chi connectivity index (χ2v) is 10.3. The predicted octanol–water partition coefficient (Wildman–Crippen LogP) is 6.05. The second kappa shape index (κ2) is 11.4. The van der Waals surface area contributed by atoms with Gasteiger partial charge in [0.05, 0.1) is 27.8 Å². The van der Waals surface area contributed by atoms with Crippen LogP contribution in [-0.4, -0.2) is 35.1 Å². The van der Waals surface area contributed by atoms with Gasteiger partial charge in [-0.3, -0.25) is 4.79 Å². The summed E-state index contributed by atoms with van der Waals surface area (Å²) < 4.78 is 5.69. The molecule has 0 spiro atoms. The van der Waals surface area contributed by atoms with E-state index in [1.54, 1.807) is 0 Å². The van der Waals surface area contributed by atoms with Gasteiger partial charge in [-0.2, -0.15) is 0 Å². The average Bonchev–Trinajstić information content (AvgIpc) is 3.58. The highest BCUT2D eigenvalue weighted by Gasteiger charge is 2.19. The first-order valence-electron chi connectivity index (χ1n) is 12.9. The molecule has 2 heterocycles. The molecule has 190 valence electrons. The molecule has 5 rings (SSSR count). The van der Waals surface area contributed by atoms with Gasteiger partial charge in [0, 0.05) is 31.0 Å². The molecular weight excluding hydrogens is 474 g/mol. The van der Waals surface area contributed by atoms with Crippen LogP contribution in [0.25, 0.3) is 11.0 Å². The van der Waals surface area contributed by atoms with Crippen LogP contribution >= 0.6 is 11.6 Å². The summed E-state index contributed by atoms with van der Waals surface area (Å²) in [7, 11) is 0. The molecule has 0 radical (unpaired) electrons. The topological polar surface area (TPSA) is 91.1 Å². The standard InChI is InChI=1S/C28H34ClN5O2/c1-18(26-8-5-13-36-26)30-17-20-9-11-22(29)24(14-20)33-28-32-23-12-10-21(15-25(23)34-28)27(35)31-16-19-6-3-2-4-7-19/h9-12,14-15,19,26,30H,1-8,13,16-17H2,(H,31,35)(H2,32,33,34). The molecule has 2 aliphatic rings. The molecule has 1 saturated heterocycles. The number of H-pyrrole nitrogens is 1. The van der Waals surface area contributed by atoms with Gasteiger partial charge in [0.15, 0.2) is 0 Å². The molecule has 2 aromatic carbocycles. The molecule has 0 bridgehead atoms. The van der Waals surface area contributed by atoms with Gasteiger partial charge in [-0.15, -0.1) is 0 Å². The van der Waals surface area contributed by atoms with Crippen LogP contribution in [0.15, 0.2) is 48.7 Å². The van der Waals surface area contributed by atoms with Gasteiger partial charge in [-0.05, 0) is 67.5 Å². The number of carbonyl (C=O) groups excluding carboxylic acids is 1. The molecule has 1 amide bonds. The number of anilines is 2. The number of imidazole rings is 1. The van der Waals surface area contributed by atoms with Crippen molar-refractivity contribution in [3.63, 3.8) is 0 Å². The number of hydrogen-bond acceptors (Lipinski definition) is 5. The summed E-state index contributed by atoms with van der Waals surface area (Å²) in [6, 6.07) is 11.4. The van der Waals surface area contributed by atoms with E-state index in [2.05, 4.69) is 32.5 Å². The Hall–Kier alpha value is -3.03. The Morgan fingerprint density at radius 3 is 2.75 bits per heavy atom. The average molecular weight is 508 g/mol. The minimum atomic E-state index is -0.0422. The van der Waals surface area contributed by atoms with E-state index in [0.717, 1.165) is 54.0 Å². The van der Waals surface area contributed by atoms with Crippen molar-refractivity contribution >= 4 is 40.2 Å². The zero-order valence-electron chi connectivity index (χ0n) is 20.5. The lowest BCUT2D eigenvalue weighted by Crippen LogP contribution is -2.30. The Balaban J connectivity index is 1.22. The number of benzene rings is 2. The number of hydrogen-bond donors (Lipinski definition) is 4. The van der Waals surface area contributed by atoms with E-state index in [-0.39, 0.29) is 12.0 Å². The molecule has 7 nitrogen and oxygen atoms in total. The molecule has 1 aliphatic carbocycles. The summed E-state index contributed by atoms with van der Waals surface area (Å²) >= 11 is 6.46. The number of amides is 1. The summed E-state index contributed by atoms with van der Waals surface area (Å²) in [4.78, 5) is 20.6. The zero-order chi connectivity index (χ0) is 24.9. The first-order chi connectivity index (χ1) is 17.5. The Morgan fingerprint density at radius 2 is 1.94 bits per heavy atom. The summed E-state index contributed by atoms with van der Waals surface area (Å²) in [6.45, 7) is 6.29. The summed E-state index contributed by atoms with van der Waals surface area (Å²) in [5.74, 6) is 1.12. The van der Waals surface area contributed by atoms with Crippen molar-refractivity contribution in [1.29, 1.82) is 0 Å². The fourth-order valence-corrected chi connectivity index (χ4v) is 5.19. The van der Waals surface area contributed by atoms with Gasteiger partial charge in [0.25, 0.3) is 5.91 Å². The molecule has 36 heavy (non-hydrogen) atoms. The van der Waals surface area contributed by atoms with Crippen LogP contribution in [0.3, 0.4) is 0 Å². The first kappa shape index (κ1) is 24.7. The fraction of sp³-hybridized carbons (Fsp3) is 0.429. The van der Waals surface area contributed by atoms with E-state index in [4.69, 9.17) is 16.3 Å². The molecule has 2 fully saturated rings. The van der Waals surface area contributed by atoms with Crippen LogP contribution in [0.1, 0.15) is 60.9 Å². The lowest BCUT2D eigenvalue weighted by molar-refractivity contribution is 0.0943. The molecule has 4 N–H and O–H groups in total. The normalized spacial score (nSPS) is 18.3. The summed E-state index contributed by atoms with van der Waals surface area (Å²) in [5, 5.41) is 10.4. The highest BCUT2D eigenvalue weighted by Crippen LogP contribution is 2.28. The number of rotatable bonds is 9. The van der Waals surface area contributed by atoms with Crippen molar-refractivity contribution in [2.75, 3.05) is 18.5 Å². The number of halogens is 1. The molecule has 1 atom stereocenters. The second-order valence-electron chi connectivity index (χ2n) is 9.85. The van der Waals surface area contributed by atoms with Gasteiger partial charge in [0.2, 0.25) is 5.95 Å². The summed E-state index contributed by atoms with van der Waals surface area (Å²) in [6.07, 6.45) is 8.44. The molecule has 8 heteroatoms. The van der Waals surface area contributed by atoms with Gasteiger partial charge in [-0.1, -0.05) is 43.5 Å². The number of nitrogens with one attached hydrogen (secondary N) is 4. The van der Waals surface area contributed by atoms with E-state index in [0.29, 0.717) is 29.0 Å². The van der Waals surface area contributed by atoms with Crippen LogP contribution in [-0.2, 0) is 11.3 Å². The monoisotopic (exact) mass is 507 g/mol. The van der Waals surface area contributed by atoms with E-state index >= 15 is 0 Å². The fourth-order valence-electron chi connectivity index (χ4n) is 5.03. The third-order valence-corrected chi connectivity index (χ3v) is 7.47. The van der Waals surface area contributed by atoms with Crippen LogP contribution in [0, 0.1) is 5.92 Å². The van der Waals surface area contributed by atoms with Crippen molar-refractivity contribution in [3.8, 4) is 0 Å². The van der Waals surface area contributed by atoms with Crippen molar-refractivity contribution in [3.05, 3.63) is 64.8 Å². The maximum absolute atomic E-state index is 12.7.